The molecule has 8 heteroatoms. The summed E-state index contributed by atoms with van der Waals surface area (Å²) >= 11 is 1.53. The standard InChI is InChI=1S/C24H26BNO5S/c1-13(2)16-10-18-21(24(29)26(23(18)28)12-14-6-5-9-32-14)17-11-20(31-25(30)22(16)17)15-7-3-4-8-19(15)27/h3-9,13,17-18,20-21,27,30H,10-12H2,1-2H3/t17-,18-,20-,21+/m0/s1. The van der Waals surface area contributed by atoms with Crippen molar-refractivity contribution in [1.82, 2.24) is 4.90 Å². The molecule has 6 nitrogen and oxygen atoms in total. The zero-order valence-electron chi connectivity index (χ0n) is 18.1. The minimum absolute atomic E-state index is 0.0988. The summed E-state index contributed by atoms with van der Waals surface area (Å²) in [6.07, 6.45) is 0.357. The number of hydrogen-bond donors (Lipinski definition) is 2. The monoisotopic (exact) mass is 451 g/mol. The minimum atomic E-state index is -1.16. The van der Waals surface area contributed by atoms with Gasteiger partial charge in [0.1, 0.15) is 5.75 Å². The van der Waals surface area contributed by atoms with Gasteiger partial charge in [-0.2, -0.15) is 0 Å². The molecule has 1 aromatic carbocycles. The zero-order valence-corrected chi connectivity index (χ0v) is 18.9. The van der Waals surface area contributed by atoms with Crippen LogP contribution in [0.3, 0.4) is 0 Å². The molecular weight excluding hydrogens is 425 g/mol. The van der Waals surface area contributed by atoms with Gasteiger partial charge in [-0.3, -0.25) is 14.5 Å². The van der Waals surface area contributed by atoms with Crippen LogP contribution >= 0.6 is 11.3 Å². The van der Waals surface area contributed by atoms with Crippen LogP contribution in [0.4, 0.5) is 0 Å². The van der Waals surface area contributed by atoms with E-state index in [1.165, 1.54) is 16.2 Å². The van der Waals surface area contributed by atoms with Crippen molar-refractivity contribution in [2.75, 3.05) is 0 Å². The molecule has 0 unspecified atom stereocenters. The maximum atomic E-state index is 13.5. The Hall–Kier alpha value is -2.42. The number of hydrogen-bond acceptors (Lipinski definition) is 6. The average molecular weight is 451 g/mol. The van der Waals surface area contributed by atoms with Crippen molar-refractivity contribution in [2.24, 2.45) is 23.7 Å². The Morgan fingerprint density at radius 3 is 2.62 bits per heavy atom. The van der Waals surface area contributed by atoms with Gasteiger partial charge in [0.25, 0.3) is 0 Å². The van der Waals surface area contributed by atoms with E-state index in [0.29, 0.717) is 24.9 Å². The fraction of sp³-hybridized carbons (Fsp3) is 0.417. The van der Waals surface area contributed by atoms with Crippen LogP contribution in [0.25, 0.3) is 0 Å². The summed E-state index contributed by atoms with van der Waals surface area (Å²) in [5.41, 5.74) is 2.36. The molecule has 1 aromatic heterocycles. The minimum Gasteiger partial charge on any atom is -0.508 e. The first-order valence-electron chi connectivity index (χ1n) is 11.1. The second kappa shape index (κ2) is 8.17. The summed E-state index contributed by atoms with van der Waals surface area (Å²) in [6, 6.07) is 10.8. The number of fused-ring (bicyclic) bond motifs is 3. The summed E-state index contributed by atoms with van der Waals surface area (Å²) in [4.78, 5) is 29.3. The van der Waals surface area contributed by atoms with Gasteiger partial charge in [0.05, 0.1) is 24.5 Å². The van der Waals surface area contributed by atoms with Gasteiger partial charge >= 0.3 is 7.12 Å². The zero-order chi connectivity index (χ0) is 22.6. The van der Waals surface area contributed by atoms with Gasteiger partial charge in [0.15, 0.2) is 0 Å². The lowest BCUT2D eigenvalue weighted by molar-refractivity contribution is -0.140. The van der Waals surface area contributed by atoms with Crippen LogP contribution < -0.4 is 0 Å². The van der Waals surface area contributed by atoms with Crippen molar-refractivity contribution in [1.29, 1.82) is 0 Å². The second-order valence-electron chi connectivity index (χ2n) is 9.19. The molecule has 32 heavy (non-hydrogen) atoms. The molecule has 0 spiro atoms. The smallest absolute Gasteiger partial charge is 0.487 e. The van der Waals surface area contributed by atoms with Crippen molar-refractivity contribution in [2.45, 2.75) is 39.3 Å². The number of carbonyl (C=O) groups is 2. The number of allylic oxidation sites excluding steroid dienone is 2. The SMILES string of the molecule is CC(C)C1=C2B(O)O[C@H](c3ccccc3O)C[C@H]2[C@H]2C(=O)N(Cc3cccs3)C(=O)[C@H]2C1. The van der Waals surface area contributed by atoms with Crippen LogP contribution in [0.1, 0.15) is 43.2 Å². The Labute approximate surface area is 191 Å². The highest BCUT2D eigenvalue weighted by Crippen LogP contribution is 2.53. The molecular formula is C24H26BNO5S. The molecule has 2 aliphatic heterocycles. The topological polar surface area (TPSA) is 87.1 Å². The van der Waals surface area contributed by atoms with Gasteiger partial charge in [-0.15, -0.1) is 11.3 Å². The van der Waals surface area contributed by atoms with Gasteiger partial charge in [0.2, 0.25) is 11.8 Å². The van der Waals surface area contributed by atoms with Crippen LogP contribution in [-0.4, -0.2) is 34.0 Å². The maximum absolute atomic E-state index is 13.5. The number of amides is 2. The molecule has 5 rings (SSSR count). The van der Waals surface area contributed by atoms with E-state index in [-0.39, 0.29) is 29.4 Å². The molecule has 2 amide bonds. The molecule has 4 atom stereocenters. The van der Waals surface area contributed by atoms with E-state index >= 15 is 0 Å². The lowest BCUT2D eigenvalue weighted by atomic mass is 9.54. The highest BCUT2D eigenvalue weighted by atomic mass is 32.1. The number of thiophene rings is 1. The maximum Gasteiger partial charge on any atom is 0.487 e. The number of likely N-dealkylation sites (tertiary alicyclic amines) is 1. The first-order chi connectivity index (χ1) is 15.4. The summed E-state index contributed by atoms with van der Waals surface area (Å²) in [6.45, 7) is 4.39. The van der Waals surface area contributed by atoms with Crippen LogP contribution in [0, 0.1) is 23.7 Å². The Morgan fingerprint density at radius 1 is 1.16 bits per heavy atom. The number of para-hydroxylation sites is 1. The van der Waals surface area contributed by atoms with Crippen molar-refractivity contribution < 1.29 is 24.4 Å². The third-order valence-electron chi connectivity index (χ3n) is 7.11. The molecule has 0 saturated carbocycles. The second-order valence-corrected chi connectivity index (χ2v) is 10.2. The first kappa shape index (κ1) is 21.4. The fourth-order valence-electron chi connectivity index (χ4n) is 5.64. The fourth-order valence-corrected chi connectivity index (χ4v) is 6.33. The van der Waals surface area contributed by atoms with Crippen LogP contribution in [-0.2, 0) is 20.8 Å². The molecule has 0 radical (unpaired) electrons. The van der Waals surface area contributed by atoms with E-state index in [1.54, 1.807) is 18.2 Å². The van der Waals surface area contributed by atoms with Crippen LogP contribution in [0.15, 0.2) is 52.8 Å². The van der Waals surface area contributed by atoms with Gasteiger partial charge in [-0.05, 0) is 47.7 Å². The van der Waals surface area contributed by atoms with E-state index < -0.39 is 25.1 Å². The summed E-state index contributed by atoms with van der Waals surface area (Å²) in [5.74, 6) is -1.28. The first-order valence-corrected chi connectivity index (χ1v) is 12.0. The van der Waals surface area contributed by atoms with Gasteiger partial charge in [-0.1, -0.05) is 43.7 Å². The van der Waals surface area contributed by atoms with Crippen molar-refractivity contribution in [3.63, 3.8) is 0 Å². The molecule has 3 heterocycles. The Bertz CT molecular complexity index is 1080. The molecule has 2 fully saturated rings. The number of phenolic OH excluding ortho intramolecular Hbond substituents is 1. The Balaban J connectivity index is 1.53. The highest BCUT2D eigenvalue weighted by molar-refractivity contribution is 7.09. The molecule has 2 aromatic rings. The third kappa shape index (κ3) is 3.41. The molecule has 0 bridgehead atoms. The van der Waals surface area contributed by atoms with E-state index in [4.69, 9.17) is 4.65 Å². The largest absolute Gasteiger partial charge is 0.508 e. The van der Waals surface area contributed by atoms with Gasteiger partial charge < -0.3 is 14.8 Å². The number of nitrogens with zero attached hydrogens (tertiary/aromatic N) is 1. The van der Waals surface area contributed by atoms with Crippen LogP contribution in [0.5, 0.6) is 5.75 Å². The van der Waals surface area contributed by atoms with Crippen LogP contribution in [0.2, 0.25) is 0 Å². The molecule has 2 N–H and O–H groups in total. The van der Waals surface area contributed by atoms with Crippen molar-refractivity contribution >= 4 is 30.3 Å². The normalized spacial score (nSPS) is 27.9. The van der Waals surface area contributed by atoms with E-state index in [0.717, 1.165) is 15.9 Å². The third-order valence-corrected chi connectivity index (χ3v) is 7.97. The lowest BCUT2D eigenvalue weighted by Gasteiger charge is -2.43. The Morgan fingerprint density at radius 2 is 1.94 bits per heavy atom. The predicted molar refractivity (Wildman–Crippen MR) is 121 cm³/mol. The quantitative estimate of drug-likeness (QED) is 0.547. The number of benzene rings is 1. The van der Waals surface area contributed by atoms with Gasteiger partial charge in [0, 0.05) is 10.4 Å². The van der Waals surface area contributed by atoms with Crippen molar-refractivity contribution in [3.05, 3.63) is 63.3 Å². The molecule has 1 aliphatic carbocycles. The molecule has 166 valence electrons. The number of carbonyl (C=O) groups excluding carboxylic acids is 2. The molecule has 3 aliphatic rings. The Kier molecular flexibility index (Phi) is 5.47. The summed E-state index contributed by atoms with van der Waals surface area (Å²) in [5, 5.41) is 23.3. The number of rotatable bonds is 4. The van der Waals surface area contributed by atoms with Gasteiger partial charge in [-0.25, -0.2) is 0 Å². The van der Waals surface area contributed by atoms with E-state index in [1.807, 2.05) is 37.4 Å². The summed E-state index contributed by atoms with van der Waals surface area (Å²) in [7, 11) is -1.16. The average Bonchev–Trinajstić information content (AvgIpc) is 3.36. The van der Waals surface area contributed by atoms with E-state index in [2.05, 4.69) is 0 Å². The molecule has 2 saturated heterocycles. The highest BCUT2D eigenvalue weighted by Gasteiger charge is 2.58. The lowest BCUT2D eigenvalue weighted by Crippen LogP contribution is -2.45. The number of imide groups is 1. The van der Waals surface area contributed by atoms with Crippen molar-refractivity contribution in [3.8, 4) is 5.75 Å². The van der Waals surface area contributed by atoms with E-state index in [9.17, 15) is 19.7 Å². The number of phenols is 1. The number of aromatic hydroxyl groups is 1. The summed E-state index contributed by atoms with van der Waals surface area (Å²) < 4.78 is 5.96. The predicted octanol–water partition coefficient (Wildman–Crippen LogP) is 3.71.